The fraction of sp³-hybridized carbons (Fsp3) is 0.917. The van der Waals surface area contributed by atoms with Gasteiger partial charge < -0.3 is 20.3 Å². The van der Waals surface area contributed by atoms with E-state index in [1.165, 1.54) is 0 Å². The molecule has 32 heavy (non-hydrogen) atoms. The van der Waals surface area contributed by atoms with Crippen molar-refractivity contribution in [1.29, 1.82) is 0 Å². The number of carbonyl (C=O) groups is 2. The van der Waals surface area contributed by atoms with Gasteiger partial charge in [0.15, 0.2) is 5.78 Å². The van der Waals surface area contributed by atoms with Gasteiger partial charge in [-0.05, 0) is 43.4 Å². The molecule has 8 heteroatoms. The van der Waals surface area contributed by atoms with Gasteiger partial charge in [0.05, 0.1) is 29.0 Å². The van der Waals surface area contributed by atoms with Crippen molar-refractivity contribution < 1.29 is 28.7 Å². The van der Waals surface area contributed by atoms with Gasteiger partial charge in [-0.2, -0.15) is 0 Å². The number of hydrogen-bond donors (Lipinski definition) is 3. The Bertz CT molecular complexity index is 877. The third-order valence-corrected chi connectivity index (χ3v) is 11.6. The Balaban J connectivity index is 1.65. The van der Waals surface area contributed by atoms with E-state index in [4.69, 9.17) is 4.74 Å². The minimum Gasteiger partial charge on any atom is -0.393 e. The lowest BCUT2D eigenvalue weighted by Crippen LogP contribution is -2.74. The van der Waals surface area contributed by atoms with Gasteiger partial charge in [0, 0.05) is 40.2 Å². The molecule has 2 heterocycles. The number of ether oxygens (including phenoxy) is 1. The molecule has 1 spiro atoms. The summed E-state index contributed by atoms with van der Waals surface area (Å²) in [6, 6.07) is 0. The van der Waals surface area contributed by atoms with Crippen LogP contribution in [0.4, 0.5) is 0 Å². The quantitative estimate of drug-likeness (QED) is 0.537. The van der Waals surface area contributed by atoms with Crippen LogP contribution in [0.5, 0.6) is 0 Å². The van der Waals surface area contributed by atoms with Crippen LogP contribution in [0.2, 0.25) is 0 Å². The zero-order chi connectivity index (χ0) is 23.4. The van der Waals surface area contributed by atoms with Gasteiger partial charge in [0.1, 0.15) is 6.23 Å². The number of hydrogen-bond acceptors (Lipinski definition) is 6. The van der Waals surface area contributed by atoms with Crippen molar-refractivity contribution in [3.8, 4) is 0 Å². The van der Waals surface area contributed by atoms with E-state index in [0.29, 0.717) is 25.2 Å². The summed E-state index contributed by atoms with van der Waals surface area (Å²) < 4.78 is 19.9. The zero-order valence-corrected chi connectivity index (χ0v) is 20.5. The van der Waals surface area contributed by atoms with Crippen molar-refractivity contribution in [3.05, 3.63) is 0 Å². The first-order valence-electron chi connectivity index (χ1n) is 12.1. The number of aliphatic hydroxyl groups is 2. The Labute approximate surface area is 192 Å². The van der Waals surface area contributed by atoms with E-state index in [0.717, 1.165) is 12.8 Å². The Morgan fingerprint density at radius 3 is 2.47 bits per heavy atom. The lowest BCUT2D eigenvalue weighted by molar-refractivity contribution is -0.326. The van der Waals surface area contributed by atoms with Crippen LogP contribution in [0, 0.1) is 40.4 Å². The van der Waals surface area contributed by atoms with Gasteiger partial charge >= 0.3 is 0 Å². The highest BCUT2D eigenvalue weighted by atomic mass is 32.2. The van der Waals surface area contributed by atoms with Gasteiger partial charge in [-0.1, -0.05) is 27.7 Å². The summed E-state index contributed by atoms with van der Waals surface area (Å²) in [6.07, 6.45) is 2.74. The van der Waals surface area contributed by atoms with Crippen LogP contribution in [0.25, 0.3) is 0 Å². The third kappa shape index (κ3) is 2.72. The highest BCUT2D eigenvalue weighted by Crippen LogP contribution is 2.68. The summed E-state index contributed by atoms with van der Waals surface area (Å²) in [6.45, 7) is 8.41. The molecule has 5 aliphatic rings. The minimum absolute atomic E-state index is 0.0378. The normalized spacial score (nSPS) is 55.2. The fourth-order valence-electron chi connectivity index (χ4n) is 8.47. The van der Waals surface area contributed by atoms with Crippen molar-refractivity contribution in [2.75, 3.05) is 6.26 Å². The van der Waals surface area contributed by atoms with Crippen LogP contribution in [0.1, 0.15) is 59.8 Å². The lowest BCUT2D eigenvalue weighted by Gasteiger charge is -2.70. The van der Waals surface area contributed by atoms with E-state index >= 15 is 0 Å². The van der Waals surface area contributed by atoms with Gasteiger partial charge in [-0.25, -0.2) is 0 Å². The standard InChI is InChI=1S/C24H37NO6S/c1-11-6-7-16-22(2,3)19(27)15(32(5)30)10-24(16)23(11,4)9-13-14(26)8-12-17(18(13)31-24)21(29)25-20(12)28/h11-18,21,26,29H,6-10H2,1-5H3,(H,25,28). The first-order valence-corrected chi connectivity index (χ1v) is 13.7. The molecule has 3 aliphatic carbocycles. The molecule has 3 N–H and O–H groups in total. The predicted octanol–water partition coefficient (Wildman–Crippen LogP) is 1.37. The predicted molar refractivity (Wildman–Crippen MR) is 119 cm³/mol. The Kier molecular flexibility index (Phi) is 5.08. The number of Topliss-reactive ketones (excluding diaryl/α,β-unsaturated/α-hetero) is 1. The molecule has 180 valence electrons. The second-order valence-electron chi connectivity index (χ2n) is 12.0. The van der Waals surface area contributed by atoms with Crippen LogP contribution in [-0.4, -0.2) is 61.7 Å². The van der Waals surface area contributed by atoms with Crippen molar-refractivity contribution in [2.24, 2.45) is 40.4 Å². The maximum atomic E-state index is 13.4. The van der Waals surface area contributed by atoms with Gasteiger partial charge in [0.25, 0.3) is 0 Å². The maximum absolute atomic E-state index is 13.4. The molecular weight excluding hydrogens is 430 g/mol. The second-order valence-corrected chi connectivity index (χ2v) is 13.6. The summed E-state index contributed by atoms with van der Waals surface area (Å²) in [7, 11) is -1.32. The van der Waals surface area contributed by atoms with Crippen LogP contribution in [-0.2, 0) is 25.1 Å². The first kappa shape index (κ1) is 22.9. The monoisotopic (exact) mass is 467 g/mol. The molecule has 12 unspecified atom stereocenters. The number of fused-ring (bicyclic) bond motifs is 3. The Morgan fingerprint density at radius 1 is 1.12 bits per heavy atom. The molecule has 2 saturated heterocycles. The molecule has 0 aromatic heterocycles. The van der Waals surface area contributed by atoms with Crippen LogP contribution in [0.3, 0.4) is 0 Å². The number of ketones is 1. The molecule has 0 aromatic rings. The zero-order valence-electron chi connectivity index (χ0n) is 19.7. The molecule has 12 atom stereocenters. The van der Waals surface area contributed by atoms with E-state index in [2.05, 4.69) is 19.2 Å². The second kappa shape index (κ2) is 7.09. The number of amides is 1. The molecule has 1 amide bonds. The van der Waals surface area contributed by atoms with Crippen LogP contribution in [0.15, 0.2) is 0 Å². The smallest absolute Gasteiger partial charge is 0.225 e. The number of carbonyl (C=O) groups excluding carboxylic acids is 2. The minimum atomic E-state index is -1.32. The van der Waals surface area contributed by atoms with Crippen LogP contribution < -0.4 is 5.32 Å². The van der Waals surface area contributed by atoms with Gasteiger partial charge in [-0.15, -0.1) is 0 Å². The lowest BCUT2D eigenvalue weighted by atomic mass is 9.42. The summed E-state index contributed by atoms with van der Waals surface area (Å²) in [4.78, 5) is 25.9. The highest BCUT2D eigenvalue weighted by molar-refractivity contribution is 7.85. The fourth-order valence-corrected chi connectivity index (χ4v) is 9.56. The average Bonchev–Trinajstić information content (AvgIpc) is 2.98. The topological polar surface area (TPSA) is 113 Å². The van der Waals surface area contributed by atoms with E-state index in [-0.39, 0.29) is 28.9 Å². The largest absolute Gasteiger partial charge is 0.393 e. The SMILES string of the molecule is CC1CCC2C(C)(C)C(=O)C(S(C)=O)CC23OC2C(CC13C)C(O)CC1C(=O)NC(O)C12. The summed E-state index contributed by atoms with van der Waals surface area (Å²) in [5.41, 5.74) is -1.67. The molecule has 0 aromatic carbocycles. The average molecular weight is 468 g/mol. The van der Waals surface area contributed by atoms with Crippen molar-refractivity contribution in [2.45, 2.75) is 89.1 Å². The van der Waals surface area contributed by atoms with E-state index in [1.54, 1.807) is 6.26 Å². The van der Waals surface area contributed by atoms with Gasteiger partial charge in [0.2, 0.25) is 5.91 Å². The number of nitrogens with one attached hydrogen (secondary N) is 1. The first-order chi connectivity index (χ1) is 14.8. The maximum Gasteiger partial charge on any atom is 0.225 e. The molecule has 0 radical (unpaired) electrons. The summed E-state index contributed by atoms with van der Waals surface area (Å²) in [5, 5.41) is 23.8. The third-order valence-electron chi connectivity index (χ3n) is 10.4. The Hall–Kier alpha value is -0.830. The highest BCUT2D eigenvalue weighted by Gasteiger charge is 2.72. The molecule has 5 fully saturated rings. The molecule has 7 nitrogen and oxygen atoms in total. The van der Waals surface area contributed by atoms with E-state index in [9.17, 15) is 24.0 Å². The van der Waals surface area contributed by atoms with Crippen molar-refractivity contribution >= 4 is 22.5 Å². The molecule has 5 rings (SSSR count). The number of aliphatic hydroxyl groups excluding tert-OH is 2. The van der Waals surface area contributed by atoms with Gasteiger partial charge in [-0.3, -0.25) is 13.8 Å². The van der Waals surface area contributed by atoms with Crippen molar-refractivity contribution in [1.82, 2.24) is 5.32 Å². The van der Waals surface area contributed by atoms with Crippen LogP contribution >= 0.6 is 0 Å². The Morgan fingerprint density at radius 2 is 1.81 bits per heavy atom. The van der Waals surface area contributed by atoms with Crippen molar-refractivity contribution in [3.63, 3.8) is 0 Å². The number of rotatable bonds is 1. The molecule has 2 aliphatic heterocycles. The summed E-state index contributed by atoms with van der Waals surface area (Å²) >= 11 is 0. The molecule has 3 saturated carbocycles. The molecule has 0 bridgehead atoms. The van der Waals surface area contributed by atoms with E-state index < -0.39 is 57.3 Å². The van der Waals surface area contributed by atoms with E-state index in [1.807, 2.05) is 13.8 Å². The molecular formula is C24H37NO6S. The summed E-state index contributed by atoms with van der Waals surface area (Å²) in [5.74, 6) is -0.973.